The minimum atomic E-state index is -1.07. The minimum Gasteiger partial charge on any atom is -0.448 e. The van der Waals surface area contributed by atoms with Crippen LogP contribution in [0, 0.1) is 0 Å². The topological polar surface area (TPSA) is 157 Å². The quantitative estimate of drug-likeness (QED) is 0.0161. The number of halogens is 1. The maximum absolute atomic E-state index is 15.0. The van der Waals surface area contributed by atoms with Crippen LogP contribution in [0.3, 0.4) is 0 Å². The molecular formula is C54H44ClN7O6S3. The molecule has 3 aliphatic rings. The summed E-state index contributed by atoms with van der Waals surface area (Å²) in [4.78, 5) is 67.1. The fraction of sp³-hybridized carbons (Fsp3) is 0.167. The molecule has 4 heterocycles. The summed E-state index contributed by atoms with van der Waals surface area (Å²) in [5.74, 6) is -1.25. The summed E-state index contributed by atoms with van der Waals surface area (Å²) < 4.78 is 8.54. The number of esters is 1. The van der Waals surface area contributed by atoms with Gasteiger partial charge in [0.25, 0.3) is 11.8 Å². The number of hydrogen-bond acceptors (Lipinski definition) is 12. The van der Waals surface area contributed by atoms with Crippen LogP contribution >= 0.6 is 46.5 Å². The number of amides is 3. The normalized spacial score (nSPS) is 17.7. The summed E-state index contributed by atoms with van der Waals surface area (Å²) in [5, 5.41) is 14.0. The number of β-lactam (4-membered cyclic amide) rings is 1. The van der Waals surface area contributed by atoms with Crippen LogP contribution in [0.25, 0.3) is 0 Å². The molecule has 1 unspecified atom stereocenters. The summed E-state index contributed by atoms with van der Waals surface area (Å²) in [6, 6.07) is 48.7. The fourth-order valence-electron chi connectivity index (χ4n) is 8.94. The Morgan fingerprint density at radius 3 is 2.03 bits per heavy atom. The van der Waals surface area contributed by atoms with Crippen molar-refractivity contribution in [1.29, 1.82) is 0 Å². The monoisotopic (exact) mass is 1020 g/mol. The average molecular weight is 1020 g/mol. The van der Waals surface area contributed by atoms with Crippen LogP contribution in [0.4, 0.5) is 5.13 Å². The highest BCUT2D eigenvalue weighted by Crippen LogP contribution is 2.46. The summed E-state index contributed by atoms with van der Waals surface area (Å²) in [7, 11) is 0. The van der Waals surface area contributed by atoms with Crippen molar-refractivity contribution in [3.05, 3.63) is 230 Å². The second-order valence-corrected chi connectivity index (χ2v) is 20.4. The first-order chi connectivity index (χ1) is 34.8. The van der Waals surface area contributed by atoms with Gasteiger partial charge in [-0.3, -0.25) is 24.0 Å². The van der Waals surface area contributed by atoms with E-state index in [4.69, 9.17) is 26.3 Å². The zero-order chi connectivity index (χ0) is 48.7. The SMILES string of the molecule is O=CNc1nc(/C(=N/OC2C=CCC2)C(=O)N[C@@H]2C(=O)N3C(C(=O)OC(c4ccccc4)c4ccccc4)=C(SCc4cnn(C(c5ccccc5)(c5ccccc5)c5ccccc5)c4)CS[C@@H]23)c(Cl)s1. The number of carbonyl (C=O) groups is 4. The number of anilines is 1. The molecule has 0 bridgehead atoms. The molecule has 2 aliphatic heterocycles. The first-order valence-corrected chi connectivity index (χ1v) is 26.0. The van der Waals surface area contributed by atoms with Crippen LogP contribution in [0.5, 0.6) is 0 Å². The van der Waals surface area contributed by atoms with Gasteiger partial charge in [-0.15, -0.1) is 23.5 Å². The Morgan fingerprint density at radius 2 is 1.46 bits per heavy atom. The number of oxime groups is 1. The number of benzene rings is 5. The van der Waals surface area contributed by atoms with E-state index < -0.39 is 40.8 Å². The molecule has 5 aromatic carbocycles. The van der Waals surface area contributed by atoms with E-state index in [1.807, 2.05) is 144 Å². The van der Waals surface area contributed by atoms with Crippen molar-refractivity contribution >= 4 is 81.5 Å². The number of nitrogens with zero attached hydrogens (tertiary/aromatic N) is 5. The molecule has 2 aromatic heterocycles. The zero-order valence-corrected chi connectivity index (χ0v) is 41.0. The van der Waals surface area contributed by atoms with Gasteiger partial charge in [0.05, 0.1) is 6.20 Å². The molecule has 71 heavy (non-hydrogen) atoms. The van der Waals surface area contributed by atoms with E-state index in [1.54, 1.807) is 0 Å². The Hall–Kier alpha value is -7.24. The highest BCUT2D eigenvalue weighted by molar-refractivity contribution is 8.05. The van der Waals surface area contributed by atoms with Crippen molar-refractivity contribution in [3.8, 4) is 0 Å². The third kappa shape index (κ3) is 9.67. The molecule has 1 saturated heterocycles. The second-order valence-electron chi connectivity index (χ2n) is 16.6. The minimum absolute atomic E-state index is 0.0204. The predicted octanol–water partition coefficient (Wildman–Crippen LogP) is 9.72. The van der Waals surface area contributed by atoms with E-state index in [1.165, 1.54) is 28.4 Å². The van der Waals surface area contributed by atoms with E-state index in [0.717, 1.165) is 51.1 Å². The lowest BCUT2D eigenvalue weighted by Gasteiger charge is -2.49. The van der Waals surface area contributed by atoms with Crippen molar-refractivity contribution in [1.82, 2.24) is 25.0 Å². The van der Waals surface area contributed by atoms with Crippen LogP contribution in [0.15, 0.2) is 192 Å². The van der Waals surface area contributed by atoms with Crippen LogP contribution in [-0.4, -0.2) is 72.8 Å². The maximum atomic E-state index is 15.0. The van der Waals surface area contributed by atoms with Gasteiger partial charge in [-0.05, 0) is 46.7 Å². The molecule has 356 valence electrons. The fourth-order valence-corrected chi connectivity index (χ4v) is 12.5. The van der Waals surface area contributed by atoms with Gasteiger partial charge in [0.15, 0.2) is 16.9 Å². The van der Waals surface area contributed by atoms with Gasteiger partial charge in [-0.2, -0.15) is 5.10 Å². The Kier molecular flexibility index (Phi) is 14.3. The average Bonchev–Trinajstić information content (AvgIpc) is 4.21. The summed E-state index contributed by atoms with van der Waals surface area (Å²) in [5.41, 5.74) is 4.45. The molecule has 0 saturated carbocycles. The molecule has 7 aromatic rings. The van der Waals surface area contributed by atoms with Crippen LogP contribution in [0.2, 0.25) is 4.34 Å². The van der Waals surface area contributed by atoms with Gasteiger partial charge >= 0.3 is 5.97 Å². The number of thioether (sulfide) groups is 2. The van der Waals surface area contributed by atoms with Gasteiger partial charge in [0, 0.05) is 28.2 Å². The van der Waals surface area contributed by atoms with Crippen LogP contribution in [-0.2, 0) is 40.0 Å². The van der Waals surface area contributed by atoms with Gasteiger partial charge in [0.1, 0.15) is 38.8 Å². The largest absolute Gasteiger partial charge is 0.448 e. The van der Waals surface area contributed by atoms with E-state index in [2.05, 4.69) is 57.2 Å². The standard InChI is InChI=1S/C54H44ClN7O6S3/c55-48-43(59-53(71-48)56-34-63)44(60-68-41-28-16-17-29-41)49(64)58-45-50(65)62-46(52(66)67-47(36-18-6-1-7-19-36)37-20-8-2-9-21-37)42(33-70-51(45)62)69-32-35-30-57-61(31-35)54(38-22-10-3-11-23-38,39-24-12-4-13-25-39)40-26-14-5-15-27-40/h1-16,18-28,30-31,34,41,45,47,51H,17,29,32-33H2,(H,58,64)(H,56,59,63)/b60-44-/t41?,45-,51+/m1/s1. The lowest BCUT2D eigenvalue weighted by Crippen LogP contribution is -2.71. The number of rotatable bonds is 18. The first kappa shape index (κ1) is 47.4. The molecule has 0 radical (unpaired) electrons. The molecule has 10 rings (SSSR count). The number of nitrogens with one attached hydrogen (secondary N) is 2. The van der Waals surface area contributed by atoms with E-state index in [9.17, 15) is 19.2 Å². The molecular weight excluding hydrogens is 974 g/mol. The van der Waals surface area contributed by atoms with Crippen molar-refractivity contribution < 1.29 is 28.8 Å². The molecule has 0 spiro atoms. The zero-order valence-electron chi connectivity index (χ0n) is 37.7. The summed E-state index contributed by atoms with van der Waals surface area (Å²) in [6.45, 7) is 0. The van der Waals surface area contributed by atoms with Crippen molar-refractivity contribution in [2.24, 2.45) is 5.16 Å². The maximum Gasteiger partial charge on any atom is 0.356 e. The summed E-state index contributed by atoms with van der Waals surface area (Å²) in [6.07, 6.45) is 8.40. The number of aromatic nitrogens is 3. The smallest absolute Gasteiger partial charge is 0.356 e. The van der Waals surface area contributed by atoms with Gasteiger partial charge in [0.2, 0.25) is 6.41 Å². The first-order valence-electron chi connectivity index (χ1n) is 22.7. The number of ether oxygens (including phenoxy) is 1. The predicted molar refractivity (Wildman–Crippen MR) is 278 cm³/mol. The van der Waals surface area contributed by atoms with Gasteiger partial charge < -0.3 is 20.2 Å². The number of hydrogen-bond donors (Lipinski definition) is 2. The third-order valence-corrected chi connectivity index (χ3v) is 16.1. The number of carbonyl (C=O) groups excluding carboxylic acids is 4. The molecule has 1 aliphatic carbocycles. The number of allylic oxidation sites excluding steroid dienone is 1. The van der Waals surface area contributed by atoms with E-state index in [0.29, 0.717) is 29.2 Å². The van der Waals surface area contributed by atoms with Gasteiger partial charge in [-0.1, -0.05) is 186 Å². The molecule has 2 N–H and O–H groups in total. The van der Waals surface area contributed by atoms with Crippen LogP contribution < -0.4 is 10.6 Å². The van der Waals surface area contributed by atoms with Crippen molar-refractivity contribution in [3.63, 3.8) is 0 Å². The lowest BCUT2D eigenvalue weighted by atomic mass is 9.77. The lowest BCUT2D eigenvalue weighted by molar-refractivity contribution is -0.154. The Balaban J connectivity index is 0.978. The van der Waals surface area contributed by atoms with E-state index in [-0.39, 0.29) is 32.7 Å². The molecule has 1 fully saturated rings. The summed E-state index contributed by atoms with van der Waals surface area (Å²) >= 11 is 10.3. The Morgan fingerprint density at radius 1 is 0.873 bits per heavy atom. The van der Waals surface area contributed by atoms with Crippen molar-refractivity contribution in [2.45, 2.75) is 47.8 Å². The molecule has 17 heteroatoms. The highest BCUT2D eigenvalue weighted by atomic mass is 35.5. The third-order valence-electron chi connectivity index (χ3n) is 12.3. The van der Waals surface area contributed by atoms with E-state index >= 15 is 0 Å². The second kappa shape index (κ2) is 21.4. The molecule has 13 nitrogen and oxygen atoms in total. The van der Waals surface area contributed by atoms with Crippen molar-refractivity contribution in [2.75, 3.05) is 11.1 Å². The Bertz CT molecular complexity index is 3000. The molecule has 3 atom stereocenters. The van der Waals surface area contributed by atoms with Gasteiger partial charge in [-0.25, -0.2) is 9.78 Å². The Labute approximate surface area is 427 Å². The number of fused-ring (bicyclic) bond motifs is 1. The molecule has 3 amide bonds. The number of thiazole rings is 1. The highest BCUT2D eigenvalue weighted by Gasteiger charge is 2.55. The van der Waals surface area contributed by atoms with Crippen LogP contribution in [0.1, 0.15) is 58.0 Å².